The first-order valence-corrected chi connectivity index (χ1v) is 7.58. The zero-order chi connectivity index (χ0) is 15.0. The Labute approximate surface area is 126 Å². The van der Waals surface area contributed by atoms with Crippen LogP contribution in [0.25, 0.3) is 21.8 Å². The summed E-state index contributed by atoms with van der Waals surface area (Å²) in [5, 5.41) is 2.67. The Morgan fingerprint density at radius 3 is 2.62 bits per heavy atom. The van der Waals surface area contributed by atoms with Crippen molar-refractivity contribution in [3.8, 4) is 0 Å². The Hall–Kier alpha value is -1.87. The normalized spacial score (nSPS) is 11.9. The maximum absolute atomic E-state index is 4.67. The van der Waals surface area contributed by atoms with E-state index in [1.54, 1.807) is 0 Å². The van der Waals surface area contributed by atoms with E-state index in [2.05, 4.69) is 72.7 Å². The molecular formula is C18H23N3. The van der Waals surface area contributed by atoms with Crippen LogP contribution in [0.4, 0.5) is 0 Å². The summed E-state index contributed by atoms with van der Waals surface area (Å²) >= 11 is 0. The first kappa shape index (κ1) is 14.1. The molecule has 2 aromatic heterocycles. The van der Waals surface area contributed by atoms with Gasteiger partial charge in [-0.25, -0.2) is 0 Å². The Kier molecular flexibility index (Phi) is 3.68. The number of pyridine rings is 1. The van der Waals surface area contributed by atoms with Crippen LogP contribution in [-0.4, -0.2) is 35.1 Å². The maximum atomic E-state index is 4.67. The van der Waals surface area contributed by atoms with E-state index in [0.717, 1.165) is 30.9 Å². The van der Waals surface area contributed by atoms with Crippen LogP contribution in [-0.2, 0) is 6.54 Å². The maximum Gasteiger partial charge on any atom is 0.0707 e. The molecule has 21 heavy (non-hydrogen) atoms. The van der Waals surface area contributed by atoms with Gasteiger partial charge < -0.3 is 9.47 Å². The van der Waals surface area contributed by atoms with Crippen LogP contribution in [0, 0.1) is 13.8 Å². The summed E-state index contributed by atoms with van der Waals surface area (Å²) in [6, 6.07) is 10.9. The van der Waals surface area contributed by atoms with Crippen molar-refractivity contribution in [3.05, 3.63) is 41.7 Å². The molecule has 3 heteroatoms. The highest BCUT2D eigenvalue weighted by molar-refractivity contribution is 6.08. The van der Waals surface area contributed by atoms with Gasteiger partial charge >= 0.3 is 0 Å². The molecule has 3 nitrogen and oxygen atoms in total. The second-order valence-electron chi connectivity index (χ2n) is 6.07. The summed E-state index contributed by atoms with van der Waals surface area (Å²) in [6.07, 6.45) is 1.15. The molecule has 110 valence electrons. The lowest BCUT2D eigenvalue weighted by atomic mass is 10.1. The van der Waals surface area contributed by atoms with E-state index in [9.17, 15) is 0 Å². The van der Waals surface area contributed by atoms with E-state index >= 15 is 0 Å². The summed E-state index contributed by atoms with van der Waals surface area (Å²) in [5.74, 6) is 0. The molecule has 0 spiro atoms. The molecule has 0 bridgehead atoms. The minimum atomic E-state index is 1.04. The third kappa shape index (κ3) is 2.54. The van der Waals surface area contributed by atoms with Crippen LogP contribution >= 0.6 is 0 Å². The van der Waals surface area contributed by atoms with Crippen LogP contribution in [0.15, 0.2) is 30.3 Å². The molecule has 0 aliphatic heterocycles. The zero-order valence-electron chi connectivity index (χ0n) is 13.3. The fourth-order valence-corrected chi connectivity index (χ4v) is 3.20. The van der Waals surface area contributed by atoms with E-state index in [0.29, 0.717) is 0 Å². The fourth-order valence-electron chi connectivity index (χ4n) is 3.20. The van der Waals surface area contributed by atoms with Gasteiger partial charge in [-0.05, 0) is 53.0 Å². The highest BCUT2D eigenvalue weighted by Crippen LogP contribution is 2.31. The Balaban J connectivity index is 2.19. The van der Waals surface area contributed by atoms with Gasteiger partial charge in [0.05, 0.1) is 11.2 Å². The molecule has 0 fully saturated rings. The third-order valence-electron chi connectivity index (χ3n) is 4.04. The quantitative estimate of drug-likeness (QED) is 0.726. The molecule has 0 amide bonds. The molecule has 0 saturated carbocycles. The molecule has 0 aliphatic carbocycles. The number of aromatic nitrogens is 2. The number of fused-ring (bicyclic) bond motifs is 3. The summed E-state index contributed by atoms with van der Waals surface area (Å²) in [6.45, 7) is 6.33. The summed E-state index contributed by atoms with van der Waals surface area (Å²) in [4.78, 5) is 6.91. The first-order chi connectivity index (χ1) is 10.1. The number of hydrogen-bond donors (Lipinski definition) is 0. The number of benzene rings is 1. The van der Waals surface area contributed by atoms with Gasteiger partial charge in [0, 0.05) is 28.5 Å². The summed E-state index contributed by atoms with van der Waals surface area (Å²) in [7, 11) is 4.25. The lowest BCUT2D eigenvalue weighted by Crippen LogP contribution is -2.15. The number of hydrogen-bond acceptors (Lipinski definition) is 2. The van der Waals surface area contributed by atoms with E-state index in [4.69, 9.17) is 0 Å². The standard InChI is InChI=1S/C18H23N3/c1-13-12-16-15-8-5-6-9-17(15)21(11-7-10-20(3)4)18(16)14(2)19-13/h5-6,8-9,12H,7,10-11H2,1-4H3. The van der Waals surface area contributed by atoms with Gasteiger partial charge in [-0.2, -0.15) is 0 Å². The van der Waals surface area contributed by atoms with Crippen LogP contribution in [0.1, 0.15) is 17.8 Å². The number of nitrogens with zero attached hydrogens (tertiary/aromatic N) is 3. The Morgan fingerprint density at radius 2 is 1.86 bits per heavy atom. The van der Waals surface area contributed by atoms with Crippen molar-refractivity contribution in [2.75, 3.05) is 20.6 Å². The largest absolute Gasteiger partial charge is 0.339 e. The van der Waals surface area contributed by atoms with Gasteiger partial charge in [0.25, 0.3) is 0 Å². The molecule has 0 aliphatic rings. The molecule has 1 aromatic carbocycles. The van der Waals surface area contributed by atoms with Crippen LogP contribution in [0.2, 0.25) is 0 Å². The van der Waals surface area contributed by atoms with Gasteiger partial charge in [-0.3, -0.25) is 4.98 Å². The smallest absolute Gasteiger partial charge is 0.0707 e. The molecule has 2 heterocycles. The Morgan fingerprint density at radius 1 is 1.10 bits per heavy atom. The summed E-state index contributed by atoms with van der Waals surface area (Å²) in [5.41, 5.74) is 4.84. The van der Waals surface area contributed by atoms with Crippen molar-refractivity contribution in [2.45, 2.75) is 26.8 Å². The van der Waals surface area contributed by atoms with E-state index < -0.39 is 0 Å². The molecule has 3 rings (SSSR count). The molecular weight excluding hydrogens is 258 g/mol. The molecule has 3 aromatic rings. The molecule has 0 unspecified atom stereocenters. The van der Waals surface area contributed by atoms with E-state index in [-0.39, 0.29) is 0 Å². The topological polar surface area (TPSA) is 21.1 Å². The predicted molar refractivity (Wildman–Crippen MR) is 89.9 cm³/mol. The highest BCUT2D eigenvalue weighted by atomic mass is 15.1. The Bertz CT molecular complexity index is 784. The van der Waals surface area contributed by atoms with Crippen LogP contribution < -0.4 is 0 Å². The number of rotatable bonds is 4. The van der Waals surface area contributed by atoms with Crippen LogP contribution in [0.3, 0.4) is 0 Å². The monoisotopic (exact) mass is 281 g/mol. The van der Waals surface area contributed by atoms with Crippen molar-refractivity contribution in [3.63, 3.8) is 0 Å². The second kappa shape index (κ2) is 5.49. The summed E-state index contributed by atoms with van der Waals surface area (Å²) < 4.78 is 2.44. The molecule has 0 atom stereocenters. The van der Waals surface area contributed by atoms with E-state index in [1.165, 1.54) is 21.8 Å². The van der Waals surface area contributed by atoms with Crippen molar-refractivity contribution in [2.24, 2.45) is 0 Å². The predicted octanol–water partition coefficient (Wildman–Crippen LogP) is 3.76. The average molecular weight is 281 g/mol. The molecule has 0 radical (unpaired) electrons. The van der Waals surface area contributed by atoms with Crippen molar-refractivity contribution in [1.29, 1.82) is 0 Å². The average Bonchev–Trinajstić information content (AvgIpc) is 2.74. The SMILES string of the molecule is Cc1cc2c3ccccc3n(CCCN(C)C)c2c(C)n1. The fraction of sp³-hybridized carbons (Fsp3) is 0.389. The number of para-hydroxylation sites is 1. The molecule has 0 N–H and O–H groups in total. The van der Waals surface area contributed by atoms with Crippen molar-refractivity contribution < 1.29 is 0 Å². The van der Waals surface area contributed by atoms with Crippen LogP contribution in [0.5, 0.6) is 0 Å². The van der Waals surface area contributed by atoms with E-state index in [1.807, 2.05) is 0 Å². The van der Waals surface area contributed by atoms with Crippen molar-refractivity contribution in [1.82, 2.24) is 14.5 Å². The zero-order valence-corrected chi connectivity index (χ0v) is 13.3. The van der Waals surface area contributed by atoms with Gasteiger partial charge in [0.1, 0.15) is 0 Å². The highest BCUT2D eigenvalue weighted by Gasteiger charge is 2.13. The lowest BCUT2D eigenvalue weighted by Gasteiger charge is -2.12. The number of aryl methyl sites for hydroxylation is 3. The molecule has 0 saturated heterocycles. The van der Waals surface area contributed by atoms with Gasteiger partial charge in [-0.15, -0.1) is 0 Å². The minimum absolute atomic E-state index is 1.04. The third-order valence-corrected chi connectivity index (χ3v) is 4.04. The first-order valence-electron chi connectivity index (χ1n) is 7.58. The van der Waals surface area contributed by atoms with Gasteiger partial charge in [0.15, 0.2) is 0 Å². The van der Waals surface area contributed by atoms with Gasteiger partial charge in [0.2, 0.25) is 0 Å². The van der Waals surface area contributed by atoms with Gasteiger partial charge in [-0.1, -0.05) is 18.2 Å². The second-order valence-corrected chi connectivity index (χ2v) is 6.07. The van der Waals surface area contributed by atoms with Crippen molar-refractivity contribution >= 4 is 21.8 Å². The lowest BCUT2D eigenvalue weighted by molar-refractivity contribution is 0.389. The minimum Gasteiger partial charge on any atom is -0.339 e.